The predicted molar refractivity (Wildman–Crippen MR) is 116 cm³/mol. The van der Waals surface area contributed by atoms with Gasteiger partial charge in [0.05, 0.1) is 30.4 Å². The van der Waals surface area contributed by atoms with Crippen molar-refractivity contribution in [3.05, 3.63) is 52.5 Å². The molecule has 10 heteroatoms. The Morgan fingerprint density at radius 1 is 1.00 bits per heavy atom. The van der Waals surface area contributed by atoms with E-state index in [1.165, 1.54) is 36.7 Å². The van der Waals surface area contributed by atoms with Crippen LogP contribution in [0.3, 0.4) is 0 Å². The van der Waals surface area contributed by atoms with Crippen LogP contribution < -0.4 is 9.47 Å². The molecule has 0 aliphatic heterocycles. The highest BCUT2D eigenvalue weighted by Gasteiger charge is 2.26. The topological polar surface area (TPSA) is 99.2 Å². The monoisotopic (exact) mass is 469 g/mol. The smallest absolute Gasteiger partial charge is 0.338 e. The molecule has 0 spiro atoms. The lowest BCUT2D eigenvalue weighted by atomic mass is 10.1. The second kappa shape index (κ2) is 10.6. The number of esters is 1. The van der Waals surface area contributed by atoms with Crippen LogP contribution in [0.5, 0.6) is 11.5 Å². The predicted octanol–water partition coefficient (Wildman–Crippen LogP) is 3.43. The van der Waals surface area contributed by atoms with Crippen molar-refractivity contribution in [1.29, 1.82) is 0 Å². The number of ketones is 1. The Morgan fingerprint density at radius 3 is 2.26 bits per heavy atom. The highest BCUT2D eigenvalue weighted by Crippen LogP contribution is 2.27. The van der Waals surface area contributed by atoms with Gasteiger partial charge in [-0.3, -0.25) is 4.79 Å². The van der Waals surface area contributed by atoms with Gasteiger partial charge in [0.1, 0.15) is 16.4 Å². The molecule has 2 aromatic rings. The van der Waals surface area contributed by atoms with Crippen LogP contribution in [0.1, 0.15) is 34.6 Å². The summed E-state index contributed by atoms with van der Waals surface area (Å²) >= 11 is 6.08. The average molecular weight is 470 g/mol. The van der Waals surface area contributed by atoms with Crippen LogP contribution in [0.25, 0.3) is 0 Å². The highest BCUT2D eigenvalue weighted by atomic mass is 35.5. The molecule has 0 radical (unpaired) electrons. The summed E-state index contributed by atoms with van der Waals surface area (Å²) in [6.07, 6.45) is 0. The number of methoxy groups -OCH3 is 2. The van der Waals surface area contributed by atoms with E-state index in [4.69, 9.17) is 25.8 Å². The molecular weight excluding hydrogens is 446 g/mol. The summed E-state index contributed by atoms with van der Waals surface area (Å²) < 4.78 is 42.2. The molecule has 0 fully saturated rings. The lowest BCUT2D eigenvalue weighted by Gasteiger charge is -2.19. The molecule has 2 aromatic carbocycles. The van der Waals surface area contributed by atoms with Crippen LogP contribution >= 0.6 is 11.6 Å². The third kappa shape index (κ3) is 5.55. The maximum absolute atomic E-state index is 12.8. The number of ether oxygens (including phenoxy) is 3. The summed E-state index contributed by atoms with van der Waals surface area (Å²) in [5, 5.41) is -0.0133. The molecule has 0 bridgehead atoms. The number of halogens is 1. The number of carbonyl (C=O) groups excluding carboxylic acids is 2. The fraction of sp³-hybridized carbons (Fsp3) is 0.333. The molecule has 0 N–H and O–H groups in total. The van der Waals surface area contributed by atoms with Gasteiger partial charge in [-0.2, -0.15) is 4.31 Å². The summed E-state index contributed by atoms with van der Waals surface area (Å²) in [4.78, 5) is 24.8. The van der Waals surface area contributed by atoms with E-state index in [-0.39, 0.29) is 34.1 Å². The van der Waals surface area contributed by atoms with E-state index in [9.17, 15) is 18.0 Å². The lowest BCUT2D eigenvalue weighted by molar-refractivity contribution is 0.0473. The Kier molecular flexibility index (Phi) is 8.43. The number of carbonyl (C=O) groups is 2. The van der Waals surface area contributed by atoms with Gasteiger partial charge in [-0.1, -0.05) is 25.4 Å². The first kappa shape index (κ1) is 24.6. The van der Waals surface area contributed by atoms with Gasteiger partial charge in [0.25, 0.3) is 0 Å². The molecule has 0 aromatic heterocycles. The minimum atomic E-state index is -3.88. The summed E-state index contributed by atoms with van der Waals surface area (Å²) in [5.74, 6) is -0.614. The van der Waals surface area contributed by atoms with Crippen molar-refractivity contribution in [2.45, 2.75) is 18.7 Å². The van der Waals surface area contributed by atoms with Crippen molar-refractivity contribution in [1.82, 2.24) is 4.31 Å². The van der Waals surface area contributed by atoms with Gasteiger partial charge < -0.3 is 14.2 Å². The summed E-state index contributed by atoms with van der Waals surface area (Å²) in [6.45, 7) is 3.33. The van der Waals surface area contributed by atoms with E-state index < -0.39 is 28.4 Å². The van der Waals surface area contributed by atoms with E-state index >= 15 is 0 Å². The molecule has 0 aliphatic carbocycles. The van der Waals surface area contributed by atoms with Crippen molar-refractivity contribution >= 4 is 33.4 Å². The number of nitrogens with zero attached hydrogens (tertiary/aromatic N) is 1. The number of sulfonamides is 1. The fourth-order valence-electron chi connectivity index (χ4n) is 2.85. The van der Waals surface area contributed by atoms with Crippen LogP contribution in [0, 0.1) is 0 Å². The van der Waals surface area contributed by atoms with Gasteiger partial charge in [-0.05, 0) is 36.4 Å². The number of rotatable bonds is 10. The maximum Gasteiger partial charge on any atom is 0.338 e. The van der Waals surface area contributed by atoms with E-state index in [2.05, 4.69) is 0 Å². The molecule has 0 unspecified atom stereocenters. The molecule has 0 atom stereocenters. The molecule has 2 rings (SSSR count). The highest BCUT2D eigenvalue weighted by molar-refractivity contribution is 7.89. The van der Waals surface area contributed by atoms with Crippen molar-refractivity contribution in [3.8, 4) is 11.5 Å². The van der Waals surface area contributed by atoms with E-state index in [0.29, 0.717) is 11.5 Å². The molecular formula is C21H24ClNO7S. The molecule has 168 valence electrons. The number of hydrogen-bond acceptors (Lipinski definition) is 7. The van der Waals surface area contributed by atoms with Gasteiger partial charge >= 0.3 is 5.97 Å². The van der Waals surface area contributed by atoms with Crippen LogP contribution in [-0.2, 0) is 14.8 Å². The van der Waals surface area contributed by atoms with E-state index in [1.54, 1.807) is 26.0 Å². The molecule has 0 aliphatic rings. The fourth-order valence-corrected chi connectivity index (χ4v) is 4.81. The van der Waals surface area contributed by atoms with Crippen molar-refractivity contribution in [3.63, 3.8) is 0 Å². The summed E-state index contributed by atoms with van der Waals surface area (Å²) in [6, 6.07) is 8.47. The summed E-state index contributed by atoms with van der Waals surface area (Å²) in [7, 11) is -1.01. The largest absolute Gasteiger partial charge is 0.497 e. The maximum atomic E-state index is 12.8. The summed E-state index contributed by atoms with van der Waals surface area (Å²) in [5.41, 5.74) is 0.149. The molecule has 0 heterocycles. The second-order valence-corrected chi connectivity index (χ2v) is 8.61. The second-order valence-electron chi connectivity index (χ2n) is 6.30. The van der Waals surface area contributed by atoms with E-state index in [1.807, 2.05) is 0 Å². The first-order valence-electron chi connectivity index (χ1n) is 9.41. The zero-order valence-corrected chi connectivity index (χ0v) is 19.2. The lowest BCUT2D eigenvalue weighted by Crippen LogP contribution is -2.31. The van der Waals surface area contributed by atoms with E-state index in [0.717, 1.165) is 6.07 Å². The third-order valence-electron chi connectivity index (χ3n) is 4.53. The number of hydrogen-bond donors (Lipinski definition) is 0. The number of benzene rings is 2. The van der Waals surface area contributed by atoms with Gasteiger partial charge in [0.2, 0.25) is 15.8 Å². The molecule has 0 amide bonds. The molecule has 0 saturated heterocycles. The number of Topliss-reactive ketones (excluding diaryl/α,β-unsaturated/α-hetero) is 1. The van der Waals surface area contributed by atoms with Crippen LogP contribution in [0.15, 0.2) is 41.3 Å². The van der Waals surface area contributed by atoms with Crippen molar-refractivity contribution < 1.29 is 32.2 Å². The Labute approximate surface area is 186 Å². The first-order chi connectivity index (χ1) is 14.7. The Bertz CT molecular complexity index is 1070. The van der Waals surface area contributed by atoms with Crippen LogP contribution in [0.4, 0.5) is 0 Å². The zero-order valence-electron chi connectivity index (χ0n) is 17.7. The van der Waals surface area contributed by atoms with Gasteiger partial charge in [-0.25, -0.2) is 13.2 Å². The standard InChI is InChI=1S/C21H24ClNO7S/c1-5-23(6-2)31(26,27)20-11-14(7-9-17(20)22)21(25)30-13-18(24)16-12-15(28-3)8-10-19(16)29-4/h7-12H,5-6,13H2,1-4H3. The minimum Gasteiger partial charge on any atom is -0.497 e. The SMILES string of the molecule is CCN(CC)S(=O)(=O)c1cc(C(=O)OCC(=O)c2cc(OC)ccc2OC)ccc1Cl. The third-order valence-corrected chi connectivity index (χ3v) is 7.06. The van der Waals surface area contributed by atoms with Crippen LogP contribution in [0.2, 0.25) is 5.02 Å². The normalized spacial score (nSPS) is 11.3. The van der Waals surface area contributed by atoms with Gasteiger partial charge in [0.15, 0.2) is 6.61 Å². The quantitative estimate of drug-likeness (QED) is 0.388. The Hall–Kier alpha value is -2.62. The average Bonchev–Trinajstić information content (AvgIpc) is 2.77. The zero-order chi connectivity index (χ0) is 23.2. The Morgan fingerprint density at radius 2 is 1.68 bits per heavy atom. The molecule has 8 nitrogen and oxygen atoms in total. The minimum absolute atomic E-state index is 0.0133. The van der Waals surface area contributed by atoms with Crippen molar-refractivity contribution in [2.75, 3.05) is 33.9 Å². The molecule has 31 heavy (non-hydrogen) atoms. The Balaban J connectivity index is 2.23. The van der Waals surface area contributed by atoms with Crippen LogP contribution in [-0.4, -0.2) is 58.4 Å². The molecule has 0 saturated carbocycles. The first-order valence-corrected chi connectivity index (χ1v) is 11.2. The van der Waals surface area contributed by atoms with Gasteiger partial charge in [0, 0.05) is 13.1 Å². The van der Waals surface area contributed by atoms with Crippen molar-refractivity contribution in [2.24, 2.45) is 0 Å². The van der Waals surface area contributed by atoms with Gasteiger partial charge in [-0.15, -0.1) is 0 Å².